The van der Waals surface area contributed by atoms with E-state index in [-0.39, 0.29) is 23.3 Å². The highest BCUT2D eigenvalue weighted by molar-refractivity contribution is 7.90. The van der Waals surface area contributed by atoms with Gasteiger partial charge in [-0.2, -0.15) is 0 Å². The number of sulfone groups is 1. The third-order valence-electron chi connectivity index (χ3n) is 5.47. The molecule has 0 saturated heterocycles. The number of carboxylic acids is 1. The Labute approximate surface area is 189 Å². The van der Waals surface area contributed by atoms with Crippen molar-refractivity contribution in [3.8, 4) is 11.1 Å². The number of H-pyrrole nitrogens is 1. The highest BCUT2D eigenvalue weighted by atomic mass is 32.2. The molecule has 2 aromatic carbocycles. The molecule has 3 N–H and O–H groups in total. The molecule has 1 aliphatic heterocycles. The highest BCUT2D eigenvalue weighted by Gasteiger charge is 2.29. The maximum atomic E-state index is 13.9. The quantitative estimate of drug-likeness (QED) is 0.472. The molecule has 0 bridgehead atoms. The summed E-state index contributed by atoms with van der Waals surface area (Å²) in [6, 6.07) is 11.3. The van der Waals surface area contributed by atoms with Crippen LogP contribution in [0.4, 0.5) is 10.1 Å². The van der Waals surface area contributed by atoms with E-state index in [1.54, 1.807) is 37.3 Å². The van der Waals surface area contributed by atoms with Crippen LogP contribution < -0.4 is 5.32 Å². The predicted molar refractivity (Wildman–Crippen MR) is 123 cm³/mol. The molecule has 0 atom stereocenters. The SMILES string of the molecule is Cc1[nH]c(/C=C2\C(=O)Nc3cccc(-c4cccc(F)c4)c32)c(CCC(=O)O)c1S(C)(=O)=O. The molecule has 3 aromatic rings. The molecule has 1 aliphatic rings. The fourth-order valence-corrected chi connectivity index (χ4v) is 5.48. The van der Waals surface area contributed by atoms with Crippen molar-refractivity contribution in [2.24, 2.45) is 0 Å². The van der Waals surface area contributed by atoms with Gasteiger partial charge in [0.15, 0.2) is 9.84 Å². The first-order valence-electron chi connectivity index (χ1n) is 10.1. The Morgan fingerprint density at radius 2 is 1.91 bits per heavy atom. The molecule has 0 aliphatic carbocycles. The number of fused-ring (bicyclic) bond motifs is 1. The second-order valence-corrected chi connectivity index (χ2v) is 9.84. The minimum Gasteiger partial charge on any atom is -0.481 e. The van der Waals surface area contributed by atoms with Crippen molar-refractivity contribution in [3.63, 3.8) is 0 Å². The summed E-state index contributed by atoms with van der Waals surface area (Å²) in [5.74, 6) is -1.88. The fraction of sp³-hybridized carbons (Fsp3) is 0.167. The number of amides is 1. The number of carbonyl (C=O) groups is 2. The van der Waals surface area contributed by atoms with Crippen LogP contribution in [0.1, 0.15) is 28.9 Å². The van der Waals surface area contributed by atoms with Crippen molar-refractivity contribution >= 4 is 39.1 Å². The van der Waals surface area contributed by atoms with Gasteiger partial charge < -0.3 is 15.4 Å². The summed E-state index contributed by atoms with van der Waals surface area (Å²) < 4.78 is 38.7. The summed E-state index contributed by atoms with van der Waals surface area (Å²) in [5, 5.41) is 11.9. The number of aliphatic carboxylic acids is 1. The van der Waals surface area contributed by atoms with E-state index in [0.29, 0.717) is 39.3 Å². The molecule has 0 spiro atoms. The van der Waals surface area contributed by atoms with Crippen LogP contribution in [0.5, 0.6) is 0 Å². The van der Waals surface area contributed by atoms with Crippen molar-refractivity contribution < 1.29 is 27.5 Å². The Kier molecular flexibility index (Phi) is 5.67. The zero-order valence-electron chi connectivity index (χ0n) is 17.9. The van der Waals surface area contributed by atoms with Crippen LogP contribution in [0, 0.1) is 12.7 Å². The largest absolute Gasteiger partial charge is 0.481 e. The smallest absolute Gasteiger partial charge is 0.303 e. The van der Waals surface area contributed by atoms with Crippen molar-refractivity contribution in [1.29, 1.82) is 0 Å². The topological polar surface area (TPSA) is 116 Å². The van der Waals surface area contributed by atoms with E-state index in [4.69, 9.17) is 5.11 Å². The number of rotatable bonds is 6. The monoisotopic (exact) mass is 468 g/mol. The first-order chi connectivity index (χ1) is 15.6. The Balaban J connectivity index is 1.92. The molecular formula is C24H21FN2O5S. The molecule has 0 radical (unpaired) electrons. The molecule has 7 nitrogen and oxygen atoms in total. The summed E-state index contributed by atoms with van der Waals surface area (Å²) in [6.07, 6.45) is 2.29. The number of aryl methyl sites for hydroxylation is 1. The number of nitrogens with one attached hydrogen (secondary N) is 2. The van der Waals surface area contributed by atoms with Gasteiger partial charge in [-0.15, -0.1) is 0 Å². The van der Waals surface area contributed by atoms with Crippen LogP contribution in [-0.2, 0) is 25.8 Å². The van der Waals surface area contributed by atoms with Gasteiger partial charge in [0.05, 0.1) is 10.5 Å². The summed E-state index contributed by atoms with van der Waals surface area (Å²) in [5.41, 5.74) is 3.62. The van der Waals surface area contributed by atoms with E-state index in [1.807, 2.05) is 0 Å². The van der Waals surface area contributed by atoms with Crippen LogP contribution in [0.15, 0.2) is 47.4 Å². The zero-order chi connectivity index (χ0) is 23.9. The number of anilines is 1. The Bertz CT molecular complexity index is 1440. The molecule has 9 heteroatoms. The van der Waals surface area contributed by atoms with Gasteiger partial charge in [-0.1, -0.05) is 24.3 Å². The van der Waals surface area contributed by atoms with Gasteiger partial charge in [0.1, 0.15) is 5.82 Å². The number of hydrogen-bond acceptors (Lipinski definition) is 4. The Morgan fingerprint density at radius 1 is 1.18 bits per heavy atom. The zero-order valence-corrected chi connectivity index (χ0v) is 18.7. The minimum atomic E-state index is -3.65. The first kappa shape index (κ1) is 22.5. The van der Waals surface area contributed by atoms with Crippen LogP contribution >= 0.6 is 0 Å². The maximum absolute atomic E-state index is 13.9. The molecule has 33 heavy (non-hydrogen) atoms. The number of halogens is 1. The van der Waals surface area contributed by atoms with Gasteiger partial charge in [-0.05, 0) is 54.3 Å². The molecular weight excluding hydrogens is 447 g/mol. The number of aromatic nitrogens is 1. The number of hydrogen-bond donors (Lipinski definition) is 3. The summed E-state index contributed by atoms with van der Waals surface area (Å²) in [6.45, 7) is 1.59. The van der Waals surface area contributed by atoms with E-state index in [9.17, 15) is 22.4 Å². The van der Waals surface area contributed by atoms with Crippen molar-refractivity contribution in [3.05, 3.63) is 70.8 Å². The first-order valence-corrected chi connectivity index (χ1v) is 12.0. The molecule has 1 amide bonds. The average Bonchev–Trinajstić information content (AvgIpc) is 3.22. The lowest BCUT2D eigenvalue weighted by atomic mass is 9.94. The van der Waals surface area contributed by atoms with E-state index in [0.717, 1.165) is 6.26 Å². The molecule has 0 unspecified atom stereocenters. The molecule has 2 heterocycles. The third-order valence-corrected chi connectivity index (χ3v) is 6.77. The summed E-state index contributed by atoms with van der Waals surface area (Å²) in [7, 11) is -3.65. The van der Waals surface area contributed by atoms with Gasteiger partial charge in [0, 0.05) is 35.3 Å². The number of benzene rings is 2. The van der Waals surface area contributed by atoms with Gasteiger partial charge in [-0.3, -0.25) is 9.59 Å². The second-order valence-electron chi connectivity index (χ2n) is 7.89. The van der Waals surface area contributed by atoms with Gasteiger partial charge in [0.25, 0.3) is 5.91 Å². The van der Waals surface area contributed by atoms with Gasteiger partial charge in [0.2, 0.25) is 0 Å². The van der Waals surface area contributed by atoms with Crippen LogP contribution in [0.25, 0.3) is 22.8 Å². The van der Waals surface area contributed by atoms with Gasteiger partial charge >= 0.3 is 5.97 Å². The third kappa shape index (κ3) is 4.31. The van der Waals surface area contributed by atoms with Crippen LogP contribution in [-0.4, -0.2) is 36.6 Å². The number of aromatic amines is 1. The Hall–Kier alpha value is -3.72. The molecule has 0 saturated carbocycles. The van der Waals surface area contributed by atoms with E-state index in [2.05, 4.69) is 10.3 Å². The van der Waals surface area contributed by atoms with E-state index < -0.39 is 27.5 Å². The fourth-order valence-electron chi connectivity index (χ4n) is 4.22. The van der Waals surface area contributed by atoms with Gasteiger partial charge in [-0.25, -0.2) is 12.8 Å². The van der Waals surface area contributed by atoms with Crippen molar-refractivity contribution in [2.75, 3.05) is 11.6 Å². The molecule has 1 aromatic heterocycles. The molecule has 170 valence electrons. The molecule has 4 rings (SSSR count). The van der Waals surface area contributed by atoms with Crippen LogP contribution in [0.3, 0.4) is 0 Å². The highest BCUT2D eigenvalue weighted by Crippen LogP contribution is 2.41. The Morgan fingerprint density at radius 3 is 2.58 bits per heavy atom. The van der Waals surface area contributed by atoms with Crippen molar-refractivity contribution in [1.82, 2.24) is 4.98 Å². The maximum Gasteiger partial charge on any atom is 0.303 e. The number of carbonyl (C=O) groups excluding carboxylic acids is 1. The minimum absolute atomic E-state index is 0.0266. The second kappa shape index (κ2) is 8.32. The molecule has 0 fully saturated rings. The van der Waals surface area contributed by atoms with E-state index in [1.165, 1.54) is 18.2 Å². The standard InChI is InChI=1S/C24H21FN2O5S/c1-13-23(33(2,31)32)17(9-10-21(28)29)20(26-13)12-18-22-16(14-5-3-6-15(25)11-14)7-4-8-19(22)27-24(18)30/h3-8,11-12,26H,9-10H2,1-2H3,(H,27,30)(H,28,29)/b18-12-. The van der Waals surface area contributed by atoms with Crippen molar-refractivity contribution in [2.45, 2.75) is 24.7 Å². The lowest BCUT2D eigenvalue weighted by molar-refractivity contribution is -0.137. The predicted octanol–water partition coefficient (Wildman–Crippen LogP) is 4.04. The van der Waals surface area contributed by atoms with E-state index >= 15 is 0 Å². The average molecular weight is 469 g/mol. The lowest BCUT2D eigenvalue weighted by Gasteiger charge is -2.09. The normalized spacial score (nSPS) is 14.4. The van der Waals surface area contributed by atoms with Crippen LogP contribution in [0.2, 0.25) is 0 Å². The summed E-state index contributed by atoms with van der Waals surface area (Å²) >= 11 is 0. The summed E-state index contributed by atoms with van der Waals surface area (Å²) in [4.78, 5) is 27.1. The lowest BCUT2D eigenvalue weighted by Crippen LogP contribution is -2.06. The number of carboxylic acid groups (broad SMARTS) is 1.